The van der Waals surface area contributed by atoms with Gasteiger partial charge in [-0.05, 0) is 57.4 Å². The van der Waals surface area contributed by atoms with E-state index < -0.39 is 0 Å². The van der Waals surface area contributed by atoms with Gasteiger partial charge in [0.2, 0.25) is 0 Å². The number of ether oxygens (including phenoxy) is 2. The molecule has 0 aliphatic heterocycles. The molecule has 2 nitrogen and oxygen atoms in total. The highest BCUT2D eigenvalue weighted by Crippen LogP contribution is 2.30. The number of hydrogen-bond donors (Lipinski definition) is 0. The highest BCUT2D eigenvalue weighted by Gasteiger charge is 2.23. The zero-order chi connectivity index (χ0) is 10.8. The minimum absolute atomic E-state index is 0.221. The molecule has 0 amide bonds. The molecule has 0 N–H and O–H groups in total. The smallest absolute Gasteiger partial charge is 0.122 e. The van der Waals surface area contributed by atoms with Crippen molar-refractivity contribution in [2.24, 2.45) is 0 Å². The molecule has 0 atom stereocenters. The first-order valence-corrected chi connectivity index (χ1v) is 5.59. The van der Waals surface area contributed by atoms with Gasteiger partial charge >= 0.3 is 0 Å². The van der Waals surface area contributed by atoms with Crippen molar-refractivity contribution in [3.05, 3.63) is 23.8 Å². The molecule has 0 aromatic heterocycles. The maximum Gasteiger partial charge on any atom is 0.122 e. The third-order valence-electron chi connectivity index (χ3n) is 2.34. The van der Waals surface area contributed by atoms with Gasteiger partial charge in [0.15, 0.2) is 0 Å². The largest absolute Gasteiger partial charge is 0.491 e. The molecular formula is C13H18O2. The van der Waals surface area contributed by atoms with Crippen LogP contribution in [0.1, 0.15) is 32.3 Å². The fourth-order valence-electron chi connectivity index (χ4n) is 1.46. The van der Waals surface area contributed by atoms with Crippen LogP contribution in [0.25, 0.3) is 0 Å². The van der Waals surface area contributed by atoms with Crippen molar-refractivity contribution >= 4 is 0 Å². The number of hydrogen-bond acceptors (Lipinski definition) is 2. The van der Waals surface area contributed by atoms with Gasteiger partial charge in [0.25, 0.3) is 0 Å². The Balaban J connectivity index is 2.07. The van der Waals surface area contributed by atoms with Crippen LogP contribution < -0.4 is 9.47 Å². The van der Waals surface area contributed by atoms with Crippen LogP contribution in [0.5, 0.6) is 11.5 Å². The van der Waals surface area contributed by atoms with Gasteiger partial charge in [0, 0.05) is 0 Å². The average molecular weight is 206 g/mol. The lowest BCUT2D eigenvalue weighted by molar-refractivity contribution is 0.239. The summed E-state index contributed by atoms with van der Waals surface area (Å²) in [6, 6.07) is 6.03. The molecule has 1 fully saturated rings. The molecule has 1 aromatic rings. The third-order valence-corrected chi connectivity index (χ3v) is 2.34. The zero-order valence-corrected chi connectivity index (χ0v) is 9.62. The van der Waals surface area contributed by atoms with Crippen LogP contribution in [0.2, 0.25) is 0 Å². The van der Waals surface area contributed by atoms with E-state index in [1.165, 1.54) is 12.8 Å². The van der Waals surface area contributed by atoms with Crippen molar-refractivity contribution in [3.63, 3.8) is 0 Å². The Morgan fingerprint density at radius 3 is 2.53 bits per heavy atom. The summed E-state index contributed by atoms with van der Waals surface area (Å²) < 4.78 is 11.4. The second kappa shape index (κ2) is 4.13. The van der Waals surface area contributed by atoms with Crippen molar-refractivity contribution in [3.8, 4) is 11.5 Å². The fraction of sp³-hybridized carbons (Fsp3) is 0.538. The van der Waals surface area contributed by atoms with Crippen molar-refractivity contribution < 1.29 is 9.47 Å². The van der Waals surface area contributed by atoms with Gasteiger partial charge in [-0.3, -0.25) is 0 Å². The van der Waals surface area contributed by atoms with Crippen molar-refractivity contribution in [2.75, 3.05) is 0 Å². The second-order valence-corrected chi connectivity index (χ2v) is 4.41. The molecule has 15 heavy (non-hydrogen) atoms. The van der Waals surface area contributed by atoms with Gasteiger partial charge in [-0.2, -0.15) is 0 Å². The maximum atomic E-state index is 5.71. The first-order chi connectivity index (χ1) is 7.15. The van der Waals surface area contributed by atoms with Crippen LogP contribution in [0.4, 0.5) is 0 Å². The minimum Gasteiger partial charge on any atom is -0.491 e. The Kier molecular flexibility index (Phi) is 2.85. The summed E-state index contributed by atoms with van der Waals surface area (Å²) in [6.45, 7) is 6.12. The maximum absolute atomic E-state index is 5.71. The Hall–Kier alpha value is -1.18. The number of aryl methyl sites for hydroxylation is 1. The topological polar surface area (TPSA) is 18.5 Å². The van der Waals surface area contributed by atoms with E-state index in [0.29, 0.717) is 6.10 Å². The van der Waals surface area contributed by atoms with Crippen molar-refractivity contribution in [1.82, 2.24) is 0 Å². The number of benzene rings is 1. The zero-order valence-electron chi connectivity index (χ0n) is 9.62. The molecule has 1 aromatic carbocycles. The SMILES string of the molecule is Cc1cc(OC2CC2)ccc1OC(C)C. The molecule has 0 bridgehead atoms. The third kappa shape index (κ3) is 2.88. The van der Waals surface area contributed by atoms with Crippen LogP contribution in [-0.4, -0.2) is 12.2 Å². The molecule has 1 aliphatic carbocycles. The highest BCUT2D eigenvalue weighted by molar-refractivity contribution is 5.39. The molecule has 2 heteroatoms. The molecular weight excluding hydrogens is 188 g/mol. The molecule has 0 radical (unpaired) electrons. The van der Waals surface area contributed by atoms with Gasteiger partial charge in [0.1, 0.15) is 11.5 Å². The molecule has 82 valence electrons. The van der Waals surface area contributed by atoms with Crippen LogP contribution in [0.15, 0.2) is 18.2 Å². The van der Waals surface area contributed by atoms with Gasteiger partial charge in [-0.15, -0.1) is 0 Å². The molecule has 0 spiro atoms. The molecule has 0 unspecified atom stereocenters. The first-order valence-electron chi connectivity index (χ1n) is 5.59. The van der Waals surface area contributed by atoms with Crippen molar-refractivity contribution in [2.45, 2.75) is 45.8 Å². The lowest BCUT2D eigenvalue weighted by Gasteiger charge is -2.13. The lowest BCUT2D eigenvalue weighted by atomic mass is 10.2. The highest BCUT2D eigenvalue weighted by atomic mass is 16.5. The summed E-state index contributed by atoms with van der Waals surface area (Å²) in [5.41, 5.74) is 1.14. The normalized spacial score (nSPS) is 15.5. The Morgan fingerprint density at radius 1 is 1.27 bits per heavy atom. The Morgan fingerprint density at radius 2 is 2.00 bits per heavy atom. The summed E-state index contributed by atoms with van der Waals surface area (Å²) in [4.78, 5) is 0. The van der Waals surface area contributed by atoms with E-state index in [0.717, 1.165) is 17.1 Å². The quantitative estimate of drug-likeness (QED) is 0.752. The van der Waals surface area contributed by atoms with Gasteiger partial charge < -0.3 is 9.47 Å². The van der Waals surface area contributed by atoms with Crippen LogP contribution in [0.3, 0.4) is 0 Å². The van der Waals surface area contributed by atoms with E-state index in [4.69, 9.17) is 9.47 Å². The van der Waals surface area contributed by atoms with E-state index in [1.54, 1.807) is 0 Å². The molecule has 1 saturated carbocycles. The van der Waals surface area contributed by atoms with Crippen LogP contribution in [0, 0.1) is 6.92 Å². The minimum atomic E-state index is 0.221. The summed E-state index contributed by atoms with van der Waals surface area (Å²) >= 11 is 0. The summed E-state index contributed by atoms with van der Waals surface area (Å²) in [6.07, 6.45) is 3.08. The first kappa shape index (κ1) is 10.3. The summed E-state index contributed by atoms with van der Waals surface area (Å²) in [5.74, 6) is 1.92. The standard InChI is InChI=1S/C13H18O2/c1-9(2)14-13-7-6-12(8-10(13)3)15-11-4-5-11/h6-9,11H,4-5H2,1-3H3. The lowest BCUT2D eigenvalue weighted by Crippen LogP contribution is -2.06. The predicted molar refractivity (Wildman–Crippen MR) is 60.6 cm³/mol. The van der Waals surface area contributed by atoms with E-state index in [-0.39, 0.29) is 6.10 Å². The summed E-state index contributed by atoms with van der Waals surface area (Å²) in [5, 5.41) is 0. The monoisotopic (exact) mass is 206 g/mol. The Bertz CT molecular complexity index is 340. The van der Waals surface area contributed by atoms with Gasteiger partial charge in [-0.25, -0.2) is 0 Å². The van der Waals surface area contributed by atoms with Gasteiger partial charge in [-0.1, -0.05) is 0 Å². The molecule has 0 heterocycles. The Labute approximate surface area is 91.2 Å². The van der Waals surface area contributed by atoms with Crippen molar-refractivity contribution in [1.29, 1.82) is 0 Å². The van der Waals surface area contributed by atoms with E-state index in [1.807, 2.05) is 26.0 Å². The van der Waals surface area contributed by atoms with Gasteiger partial charge in [0.05, 0.1) is 12.2 Å². The molecule has 1 aliphatic rings. The van der Waals surface area contributed by atoms with Crippen LogP contribution in [-0.2, 0) is 0 Å². The average Bonchev–Trinajstić information content (AvgIpc) is 2.93. The predicted octanol–water partition coefficient (Wildman–Crippen LogP) is 3.32. The second-order valence-electron chi connectivity index (χ2n) is 4.41. The fourth-order valence-corrected chi connectivity index (χ4v) is 1.46. The molecule has 0 saturated heterocycles. The van der Waals surface area contributed by atoms with Crippen LogP contribution >= 0.6 is 0 Å². The van der Waals surface area contributed by atoms with E-state index >= 15 is 0 Å². The molecule has 2 rings (SSSR count). The van der Waals surface area contributed by atoms with E-state index in [9.17, 15) is 0 Å². The number of rotatable bonds is 4. The van der Waals surface area contributed by atoms with E-state index in [2.05, 4.69) is 13.0 Å². The summed E-state index contributed by atoms with van der Waals surface area (Å²) in [7, 11) is 0.